The molecular weight excluding hydrogens is 232 g/mol. The highest BCUT2D eigenvalue weighted by atomic mass is 32.1. The third-order valence-electron chi connectivity index (χ3n) is 2.29. The van der Waals surface area contributed by atoms with Crippen molar-refractivity contribution in [3.63, 3.8) is 0 Å². The fourth-order valence-corrected chi connectivity index (χ4v) is 2.11. The first kappa shape index (κ1) is 12.1. The molecule has 0 aliphatic heterocycles. The van der Waals surface area contributed by atoms with Crippen molar-refractivity contribution in [1.82, 2.24) is 20.3 Å². The Balaban J connectivity index is 2.18. The van der Waals surface area contributed by atoms with E-state index in [-0.39, 0.29) is 0 Å². The molecule has 2 rings (SSSR count). The van der Waals surface area contributed by atoms with Gasteiger partial charge in [0.2, 0.25) is 0 Å². The van der Waals surface area contributed by atoms with E-state index in [1.54, 1.807) is 16.8 Å². The maximum Gasteiger partial charge on any atom is 0.171 e. The van der Waals surface area contributed by atoms with Crippen LogP contribution in [0.1, 0.15) is 24.7 Å². The number of hydrogen-bond acceptors (Lipinski definition) is 5. The summed E-state index contributed by atoms with van der Waals surface area (Å²) in [4.78, 5) is 14.1. The average molecular weight is 248 g/mol. The molecule has 0 saturated heterocycles. The fraction of sp³-hybridized carbons (Fsp3) is 0.417. The Hall–Kier alpha value is -1.33. The number of aryl methyl sites for hydroxylation is 1. The molecule has 17 heavy (non-hydrogen) atoms. The third kappa shape index (κ3) is 3.31. The summed E-state index contributed by atoms with van der Waals surface area (Å²) in [5.41, 5.74) is 3.83. The molecule has 90 valence electrons. The zero-order valence-corrected chi connectivity index (χ0v) is 10.9. The van der Waals surface area contributed by atoms with Crippen molar-refractivity contribution in [3.8, 4) is 10.7 Å². The molecule has 0 unspecified atom stereocenters. The molecule has 0 spiro atoms. The van der Waals surface area contributed by atoms with E-state index in [4.69, 9.17) is 0 Å². The van der Waals surface area contributed by atoms with Crippen molar-refractivity contribution in [3.05, 3.63) is 29.2 Å². The molecule has 5 heteroatoms. The van der Waals surface area contributed by atoms with Crippen molar-refractivity contribution in [2.45, 2.75) is 26.8 Å². The molecule has 0 aromatic carbocycles. The minimum atomic E-state index is 0.779. The van der Waals surface area contributed by atoms with Crippen LogP contribution < -0.4 is 5.32 Å². The Bertz CT molecular complexity index is 467. The van der Waals surface area contributed by atoms with Gasteiger partial charge in [-0.3, -0.25) is 4.98 Å². The minimum Gasteiger partial charge on any atom is -0.311 e. The summed E-state index contributed by atoms with van der Waals surface area (Å²) in [6.45, 7) is 5.96. The van der Waals surface area contributed by atoms with Crippen LogP contribution in [0.25, 0.3) is 10.7 Å². The zero-order chi connectivity index (χ0) is 12.1. The van der Waals surface area contributed by atoms with E-state index < -0.39 is 0 Å². The Kier molecular flexibility index (Phi) is 4.17. The fourth-order valence-electron chi connectivity index (χ4n) is 1.55. The number of nitrogens with one attached hydrogen (secondary N) is 1. The van der Waals surface area contributed by atoms with E-state index in [1.165, 1.54) is 0 Å². The lowest BCUT2D eigenvalue weighted by Crippen LogP contribution is -2.15. The monoisotopic (exact) mass is 248 g/mol. The van der Waals surface area contributed by atoms with Crippen LogP contribution in [0.5, 0.6) is 0 Å². The number of thiazole rings is 1. The lowest BCUT2D eigenvalue weighted by Gasteiger charge is -2.05. The maximum atomic E-state index is 4.54. The van der Waals surface area contributed by atoms with Gasteiger partial charge >= 0.3 is 0 Å². The van der Waals surface area contributed by atoms with Gasteiger partial charge in [-0.15, -0.1) is 11.3 Å². The summed E-state index contributed by atoms with van der Waals surface area (Å²) in [6.07, 6.45) is 2.94. The molecule has 1 N–H and O–H groups in total. The van der Waals surface area contributed by atoms with Crippen LogP contribution >= 0.6 is 11.3 Å². The second-order valence-electron chi connectivity index (χ2n) is 3.87. The predicted molar refractivity (Wildman–Crippen MR) is 69.9 cm³/mol. The second kappa shape index (κ2) is 5.84. The van der Waals surface area contributed by atoms with Gasteiger partial charge in [0.15, 0.2) is 5.82 Å². The van der Waals surface area contributed by atoms with Crippen molar-refractivity contribution < 1.29 is 0 Å². The summed E-state index contributed by atoms with van der Waals surface area (Å²) < 4.78 is 0. The van der Waals surface area contributed by atoms with Gasteiger partial charge in [-0.2, -0.15) is 0 Å². The van der Waals surface area contributed by atoms with Crippen molar-refractivity contribution in [2.24, 2.45) is 0 Å². The molecule has 0 fully saturated rings. The van der Waals surface area contributed by atoms with Crippen LogP contribution in [0.2, 0.25) is 0 Å². The van der Waals surface area contributed by atoms with Crippen molar-refractivity contribution in [2.75, 3.05) is 6.54 Å². The molecule has 0 atom stereocenters. The number of nitrogens with zero attached hydrogens (tertiary/aromatic N) is 3. The minimum absolute atomic E-state index is 0.779. The largest absolute Gasteiger partial charge is 0.311 e. The van der Waals surface area contributed by atoms with Crippen LogP contribution in [0, 0.1) is 6.92 Å². The maximum absolute atomic E-state index is 4.54. The van der Waals surface area contributed by atoms with E-state index >= 15 is 0 Å². The number of hydrogen-bond donors (Lipinski definition) is 1. The standard InChI is InChI=1S/C12H16N4S/c1-3-4-13-6-10-5-9(2)15-12(16-10)11-7-14-8-17-11/h5,7-8,13H,3-4,6H2,1-2H3. The van der Waals surface area contributed by atoms with Crippen LogP contribution in [0.15, 0.2) is 17.8 Å². The third-order valence-corrected chi connectivity index (χ3v) is 3.06. The highest BCUT2D eigenvalue weighted by molar-refractivity contribution is 7.13. The molecule has 0 amide bonds. The van der Waals surface area contributed by atoms with Gasteiger partial charge in [0.1, 0.15) is 0 Å². The molecule has 0 aliphatic carbocycles. The molecule has 4 nitrogen and oxygen atoms in total. The molecular formula is C12H16N4S. The van der Waals surface area contributed by atoms with Crippen molar-refractivity contribution in [1.29, 1.82) is 0 Å². The summed E-state index contributed by atoms with van der Waals surface area (Å²) in [5.74, 6) is 0.779. The Labute approximate surface area is 105 Å². The summed E-state index contributed by atoms with van der Waals surface area (Å²) in [5, 5.41) is 3.35. The van der Waals surface area contributed by atoms with Crippen LogP contribution in [0.3, 0.4) is 0 Å². The normalized spacial score (nSPS) is 10.7. The second-order valence-corrected chi connectivity index (χ2v) is 4.75. The first-order valence-electron chi connectivity index (χ1n) is 5.73. The SMILES string of the molecule is CCCNCc1cc(C)nc(-c2cncs2)n1. The highest BCUT2D eigenvalue weighted by Crippen LogP contribution is 2.19. The zero-order valence-electron chi connectivity index (χ0n) is 10.1. The first-order valence-corrected chi connectivity index (χ1v) is 6.61. The first-order chi connectivity index (χ1) is 8.29. The van der Waals surface area contributed by atoms with Gasteiger partial charge in [-0.05, 0) is 26.0 Å². The van der Waals surface area contributed by atoms with Gasteiger partial charge < -0.3 is 5.32 Å². The Morgan fingerprint density at radius 1 is 1.35 bits per heavy atom. The topological polar surface area (TPSA) is 50.7 Å². The molecule has 2 aromatic rings. The highest BCUT2D eigenvalue weighted by Gasteiger charge is 2.06. The van der Waals surface area contributed by atoms with Crippen LogP contribution in [0.4, 0.5) is 0 Å². The molecule has 2 heterocycles. The van der Waals surface area contributed by atoms with Gasteiger partial charge in [-0.1, -0.05) is 6.92 Å². The number of aromatic nitrogens is 3. The van der Waals surface area contributed by atoms with Crippen LogP contribution in [-0.4, -0.2) is 21.5 Å². The lowest BCUT2D eigenvalue weighted by molar-refractivity contribution is 0.663. The van der Waals surface area contributed by atoms with Gasteiger partial charge in [0.25, 0.3) is 0 Å². The van der Waals surface area contributed by atoms with E-state index in [0.29, 0.717) is 0 Å². The number of rotatable bonds is 5. The smallest absolute Gasteiger partial charge is 0.171 e. The van der Waals surface area contributed by atoms with Gasteiger partial charge in [0, 0.05) is 18.4 Å². The molecule has 2 aromatic heterocycles. The molecule has 0 radical (unpaired) electrons. The predicted octanol–water partition coefficient (Wildman–Crippen LogP) is 2.41. The summed E-state index contributed by atoms with van der Waals surface area (Å²) in [7, 11) is 0. The Morgan fingerprint density at radius 2 is 2.24 bits per heavy atom. The summed E-state index contributed by atoms with van der Waals surface area (Å²) in [6, 6.07) is 2.02. The lowest BCUT2D eigenvalue weighted by atomic mass is 10.3. The van der Waals surface area contributed by atoms with E-state index in [0.717, 1.165) is 41.6 Å². The quantitative estimate of drug-likeness (QED) is 0.826. The van der Waals surface area contributed by atoms with E-state index in [1.807, 2.05) is 19.2 Å². The van der Waals surface area contributed by atoms with Gasteiger partial charge in [-0.25, -0.2) is 9.97 Å². The molecule has 0 saturated carbocycles. The van der Waals surface area contributed by atoms with Crippen LogP contribution in [-0.2, 0) is 6.54 Å². The van der Waals surface area contributed by atoms with E-state index in [2.05, 4.69) is 27.2 Å². The Morgan fingerprint density at radius 3 is 2.94 bits per heavy atom. The average Bonchev–Trinajstić information content (AvgIpc) is 2.82. The molecule has 0 bridgehead atoms. The van der Waals surface area contributed by atoms with Gasteiger partial charge in [0.05, 0.1) is 16.1 Å². The molecule has 0 aliphatic rings. The van der Waals surface area contributed by atoms with E-state index in [9.17, 15) is 0 Å². The summed E-state index contributed by atoms with van der Waals surface area (Å²) >= 11 is 1.57. The van der Waals surface area contributed by atoms with Crippen molar-refractivity contribution >= 4 is 11.3 Å².